The van der Waals surface area contributed by atoms with Crippen LogP contribution in [0, 0.1) is 5.92 Å². The molecule has 1 fully saturated rings. The van der Waals surface area contributed by atoms with Crippen molar-refractivity contribution in [1.82, 2.24) is 4.90 Å². The summed E-state index contributed by atoms with van der Waals surface area (Å²) in [5.41, 5.74) is 1.08. The van der Waals surface area contributed by atoms with Crippen molar-refractivity contribution in [3.05, 3.63) is 29.8 Å². The SMILES string of the molecule is CC(C)Oc1cccc(CN(C)C(=O)[C@H]2CCOC2)c1. The van der Waals surface area contributed by atoms with E-state index in [2.05, 4.69) is 0 Å². The normalized spacial score (nSPS) is 18.3. The fourth-order valence-electron chi connectivity index (χ4n) is 2.38. The summed E-state index contributed by atoms with van der Waals surface area (Å²) < 4.78 is 10.9. The molecule has 1 aromatic rings. The summed E-state index contributed by atoms with van der Waals surface area (Å²) in [7, 11) is 1.84. The van der Waals surface area contributed by atoms with Crippen molar-refractivity contribution in [2.75, 3.05) is 20.3 Å². The molecule has 1 aliphatic rings. The monoisotopic (exact) mass is 277 g/mol. The maximum Gasteiger partial charge on any atom is 0.228 e. The number of ether oxygens (including phenoxy) is 2. The zero-order valence-electron chi connectivity index (χ0n) is 12.5. The zero-order valence-corrected chi connectivity index (χ0v) is 12.5. The molecule has 1 saturated heterocycles. The van der Waals surface area contributed by atoms with Crippen molar-refractivity contribution in [1.29, 1.82) is 0 Å². The minimum absolute atomic E-state index is 0.0232. The molecule has 0 radical (unpaired) electrons. The van der Waals surface area contributed by atoms with Gasteiger partial charge in [0.25, 0.3) is 0 Å². The first-order chi connectivity index (χ1) is 9.56. The first kappa shape index (κ1) is 14.9. The van der Waals surface area contributed by atoms with Gasteiger partial charge in [0.1, 0.15) is 5.75 Å². The molecule has 0 aromatic heterocycles. The minimum Gasteiger partial charge on any atom is -0.491 e. The second kappa shape index (κ2) is 6.75. The summed E-state index contributed by atoms with van der Waals surface area (Å²) in [5.74, 6) is 1.04. The molecule has 1 aromatic carbocycles. The molecular weight excluding hydrogens is 254 g/mol. The molecule has 1 aliphatic heterocycles. The van der Waals surface area contributed by atoms with Gasteiger partial charge in [-0.1, -0.05) is 12.1 Å². The molecule has 1 atom stereocenters. The summed E-state index contributed by atoms with van der Waals surface area (Å²) >= 11 is 0. The van der Waals surface area contributed by atoms with E-state index in [1.54, 1.807) is 4.90 Å². The van der Waals surface area contributed by atoms with Gasteiger partial charge in [-0.15, -0.1) is 0 Å². The van der Waals surface area contributed by atoms with Gasteiger partial charge >= 0.3 is 0 Å². The van der Waals surface area contributed by atoms with Crippen molar-refractivity contribution in [2.45, 2.75) is 32.9 Å². The highest BCUT2D eigenvalue weighted by Gasteiger charge is 2.26. The summed E-state index contributed by atoms with van der Waals surface area (Å²) in [6.07, 6.45) is 0.986. The number of carbonyl (C=O) groups is 1. The van der Waals surface area contributed by atoms with E-state index in [1.165, 1.54) is 0 Å². The van der Waals surface area contributed by atoms with E-state index >= 15 is 0 Å². The number of hydrogen-bond acceptors (Lipinski definition) is 3. The van der Waals surface area contributed by atoms with Crippen LogP contribution in [0.25, 0.3) is 0 Å². The highest BCUT2D eigenvalue weighted by molar-refractivity contribution is 5.78. The molecule has 0 N–H and O–H groups in total. The fourth-order valence-corrected chi connectivity index (χ4v) is 2.38. The van der Waals surface area contributed by atoms with Crippen LogP contribution in [0.4, 0.5) is 0 Å². The predicted octanol–water partition coefficient (Wildman–Crippen LogP) is 2.47. The van der Waals surface area contributed by atoms with Crippen LogP contribution in [0.15, 0.2) is 24.3 Å². The van der Waals surface area contributed by atoms with Crippen molar-refractivity contribution in [2.24, 2.45) is 5.92 Å². The van der Waals surface area contributed by atoms with E-state index in [4.69, 9.17) is 9.47 Å². The average Bonchev–Trinajstić information content (AvgIpc) is 2.91. The lowest BCUT2D eigenvalue weighted by molar-refractivity contribution is -0.134. The van der Waals surface area contributed by atoms with Crippen LogP contribution in [0.5, 0.6) is 5.75 Å². The molecule has 20 heavy (non-hydrogen) atoms. The first-order valence-corrected chi connectivity index (χ1v) is 7.14. The van der Waals surface area contributed by atoms with Crippen LogP contribution in [0.2, 0.25) is 0 Å². The van der Waals surface area contributed by atoms with Gasteiger partial charge in [-0.25, -0.2) is 0 Å². The molecule has 4 nitrogen and oxygen atoms in total. The minimum atomic E-state index is 0.0232. The Morgan fingerprint density at radius 1 is 1.50 bits per heavy atom. The van der Waals surface area contributed by atoms with Crippen LogP contribution >= 0.6 is 0 Å². The van der Waals surface area contributed by atoms with Crippen molar-refractivity contribution in [3.63, 3.8) is 0 Å². The van der Waals surface area contributed by atoms with Gasteiger partial charge < -0.3 is 14.4 Å². The summed E-state index contributed by atoms with van der Waals surface area (Å²) in [5, 5.41) is 0. The van der Waals surface area contributed by atoms with Gasteiger partial charge in [0.2, 0.25) is 5.91 Å². The lowest BCUT2D eigenvalue weighted by Gasteiger charge is -2.21. The third kappa shape index (κ3) is 3.97. The van der Waals surface area contributed by atoms with Crippen LogP contribution in [-0.2, 0) is 16.1 Å². The van der Waals surface area contributed by atoms with E-state index in [0.717, 1.165) is 17.7 Å². The van der Waals surface area contributed by atoms with Gasteiger partial charge in [0, 0.05) is 20.2 Å². The van der Waals surface area contributed by atoms with Crippen molar-refractivity contribution < 1.29 is 14.3 Å². The fraction of sp³-hybridized carbons (Fsp3) is 0.562. The number of nitrogens with zero attached hydrogens (tertiary/aromatic N) is 1. The smallest absolute Gasteiger partial charge is 0.228 e. The summed E-state index contributed by atoms with van der Waals surface area (Å²) in [4.78, 5) is 14.0. The highest BCUT2D eigenvalue weighted by Crippen LogP contribution is 2.19. The van der Waals surface area contributed by atoms with E-state index < -0.39 is 0 Å². The molecule has 110 valence electrons. The number of benzene rings is 1. The molecule has 0 spiro atoms. The van der Waals surface area contributed by atoms with Crippen molar-refractivity contribution >= 4 is 5.91 Å². The Bertz CT molecular complexity index is 453. The quantitative estimate of drug-likeness (QED) is 0.830. The van der Waals surface area contributed by atoms with E-state index in [1.807, 2.05) is 45.2 Å². The van der Waals surface area contributed by atoms with Crippen LogP contribution in [0.1, 0.15) is 25.8 Å². The third-order valence-electron chi connectivity index (χ3n) is 3.35. The lowest BCUT2D eigenvalue weighted by atomic mass is 10.1. The number of rotatable bonds is 5. The van der Waals surface area contributed by atoms with E-state index in [0.29, 0.717) is 19.8 Å². The summed E-state index contributed by atoms with van der Waals surface area (Å²) in [6, 6.07) is 7.91. The second-order valence-electron chi connectivity index (χ2n) is 5.57. The Hall–Kier alpha value is -1.55. The number of amides is 1. The van der Waals surface area contributed by atoms with Gasteiger partial charge in [-0.2, -0.15) is 0 Å². The average molecular weight is 277 g/mol. The van der Waals surface area contributed by atoms with Crippen molar-refractivity contribution in [3.8, 4) is 5.75 Å². The van der Waals surface area contributed by atoms with Crippen LogP contribution in [-0.4, -0.2) is 37.2 Å². The maximum absolute atomic E-state index is 12.2. The summed E-state index contributed by atoms with van der Waals surface area (Å²) in [6.45, 7) is 5.86. The van der Waals surface area contributed by atoms with Crippen LogP contribution < -0.4 is 4.74 Å². The van der Waals surface area contributed by atoms with E-state index in [9.17, 15) is 4.79 Å². The number of hydrogen-bond donors (Lipinski definition) is 0. The highest BCUT2D eigenvalue weighted by atomic mass is 16.5. The molecule has 1 heterocycles. The first-order valence-electron chi connectivity index (χ1n) is 7.14. The van der Waals surface area contributed by atoms with Crippen LogP contribution in [0.3, 0.4) is 0 Å². The Kier molecular flexibility index (Phi) is 5.01. The molecule has 2 rings (SSSR count). The molecule has 0 bridgehead atoms. The largest absolute Gasteiger partial charge is 0.491 e. The second-order valence-corrected chi connectivity index (χ2v) is 5.57. The maximum atomic E-state index is 12.2. The van der Waals surface area contributed by atoms with E-state index in [-0.39, 0.29) is 17.9 Å². The Balaban J connectivity index is 1.96. The Morgan fingerprint density at radius 2 is 2.30 bits per heavy atom. The molecule has 0 saturated carbocycles. The molecule has 4 heteroatoms. The molecular formula is C16H23NO3. The zero-order chi connectivity index (χ0) is 14.5. The molecule has 0 unspecified atom stereocenters. The van der Waals surface area contributed by atoms with Gasteiger partial charge in [-0.3, -0.25) is 4.79 Å². The molecule has 0 aliphatic carbocycles. The predicted molar refractivity (Wildman–Crippen MR) is 77.6 cm³/mol. The van der Waals surface area contributed by atoms with Gasteiger partial charge in [-0.05, 0) is 38.0 Å². The van der Waals surface area contributed by atoms with Gasteiger partial charge in [0.05, 0.1) is 18.6 Å². The standard InChI is InChI=1S/C16H23NO3/c1-12(2)20-15-6-4-5-13(9-15)10-17(3)16(18)14-7-8-19-11-14/h4-6,9,12,14H,7-8,10-11H2,1-3H3/t14-/m0/s1. The number of carbonyl (C=O) groups excluding carboxylic acids is 1. The van der Waals surface area contributed by atoms with Gasteiger partial charge in [0.15, 0.2) is 0 Å². The molecule has 1 amide bonds. The Morgan fingerprint density at radius 3 is 2.95 bits per heavy atom. The third-order valence-corrected chi connectivity index (χ3v) is 3.35. The topological polar surface area (TPSA) is 38.8 Å². The lowest BCUT2D eigenvalue weighted by Crippen LogP contribution is -2.32. The Labute approximate surface area is 120 Å².